The van der Waals surface area contributed by atoms with Gasteiger partial charge in [0.1, 0.15) is 4.88 Å². The molecule has 0 aliphatic carbocycles. The van der Waals surface area contributed by atoms with Gasteiger partial charge < -0.3 is 14.5 Å². The summed E-state index contributed by atoms with van der Waals surface area (Å²) in [7, 11) is 0. The van der Waals surface area contributed by atoms with Gasteiger partial charge in [-0.3, -0.25) is 4.79 Å². The first kappa shape index (κ1) is 15.4. The SMILES string of the molecule is O=C(OCC(=O)N1CCN(c2ncccn2)CC1)c1cccs1. The van der Waals surface area contributed by atoms with Crippen LogP contribution in [-0.4, -0.2) is 59.5 Å². The minimum absolute atomic E-state index is 0.177. The molecule has 2 aromatic heterocycles. The quantitative estimate of drug-likeness (QED) is 0.779. The Morgan fingerprint density at radius 3 is 2.52 bits per heavy atom. The number of nitrogens with zero attached hydrogens (tertiary/aromatic N) is 4. The van der Waals surface area contributed by atoms with E-state index in [4.69, 9.17) is 4.74 Å². The highest BCUT2D eigenvalue weighted by Crippen LogP contribution is 2.11. The summed E-state index contributed by atoms with van der Waals surface area (Å²) in [6.07, 6.45) is 3.40. The zero-order valence-electron chi connectivity index (χ0n) is 12.4. The summed E-state index contributed by atoms with van der Waals surface area (Å²) in [5.41, 5.74) is 0. The maximum Gasteiger partial charge on any atom is 0.348 e. The van der Waals surface area contributed by atoms with Gasteiger partial charge in [0.05, 0.1) is 0 Å². The van der Waals surface area contributed by atoms with Crippen LogP contribution < -0.4 is 4.90 Å². The lowest BCUT2D eigenvalue weighted by Crippen LogP contribution is -2.50. The number of piperazine rings is 1. The fourth-order valence-electron chi connectivity index (χ4n) is 2.29. The van der Waals surface area contributed by atoms with Crippen molar-refractivity contribution in [1.29, 1.82) is 0 Å². The van der Waals surface area contributed by atoms with Crippen molar-refractivity contribution < 1.29 is 14.3 Å². The number of anilines is 1. The van der Waals surface area contributed by atoms with Gasteiger partial charge in [-0.25, -0.2) is 14.8 Å². The molecule has 0 N–H and O–H groups in total. The molecular formula is C15H16N4O3S. The van der Waals surface area contributed by atoms with Crippen molar-refractivity contribution in [2.75, 3.05) is 37.7 Å². The molecule has 0 unspecified atom stereocenters. The Morgan fingerprint density at radius 2 is 1.87 bits per heavy atom. The van der Waals surface area contributed by atoms with Gasteiger partial charge in [0.25, 0.3) is 5.91 Å². The van der Waals surface area contributed by atoms with Crippen molar-refractivity contribution in [3.8, 4) is 0 Å². The number of thiophene rings is 1. The Balaban J connectivity index is 1.46. The van der Waals surface area contributed by atoms with E-state index in [2.05, 4.69) is 9.97 Å². The van der Waals surface area contributed by atoms with Crippen LogP contribution in [0, 0.1) is 0 Å². The van der Waals surface area contributed by atoms with Crippen molar-refractivity contribution in [2.45, 2.75) is 0 Å². The fourth-order valence-corrected chi connectivity index (χ4v) is 2.91. The van der Waals surface area contributed by atoms with E-state index in [1.807, 2.05) is 4.90 Å². The van der Waals surface area contributed by atoms with Gasteiger partial charge in [-0.05, 0) is 17.5 Å². The molecule has 1 saturated heterocycles. The highest BCUT2D eigenvalue weighted by Gasteiger charge is 2.23. The van der Waals surface area contributed by atoms with Gasteiger partial charge >= 0.3 is 5.97 Å². The molecule has 120 valence electrons. The van der Waals surface area contributed by atoms with Gasteiger partial charge in [-0.15, -0.1) is 11.3 Å². The second-order valence-electron chi connectivity index (χ2n) is 4.97. The molecule has 2 aromatic rings. The van der Waals surface area contributed by atoms with Crippen LogP contribution in [0.5, 0.6) is 0 Å². The molecule has 0 bridgehead atoms. The summed E-state index contributed by atoms with van der Waals surface area (Å²) in [6.45, 7) is 2.23. The van der Waals surface area contributed by atoms with Gasteiger partial charge in [0, 0.05) is 38.6 Å². The lowest BCUT2D eigenvalue weighted by molar-refractivity contribution is -0.134. The summed E-state index contributed by atoms with van der Waals surface area (Å²) < 4.78 is 5.05. The van der Waals surface area contributed by atoms with Gasteiger partial charge in [0.2, 0.25) is 5.95 Å². The molecule has 1 aliphatic rings. The Morgan fingerprint density at radius 1 is 1.13 bits per heavy atom. The van der Waals surface area contributed by atoms with Crippen LogP contribution in [0.15, 0.2) is 36.0 Å². The molecule has 0 atom stereocenters. The molecule has 0 radical (unpaired) electrons. The molecular weight excluding hydrogens is 316 g/mol. The van der Waals surface area contributed by atoms with Crippen LogP contribution in [-0.2, 0) is 9.53 Å². The third kappa shape index (κ3) is 3.84. The fraction of sp³-hybridized carbons (Fsp3) is 0.333. The third-order valence-corrected chi connectivity index (χ3v) is 4.37. The molecule has 1 aliphatic heterocycles. The smallest absolute Gasteiger partial charge is 0.348 e. The molecule has 8 heteroatoms. The molecule has 0 spiro atoms. The minimum Gasteiger partial charge on any atom is -0.451 e. The van der Waals surface area contributed by atoms with E-state index in [9.17, 15) is 9.59 Å². The van der Waals surface area contributed by atoms with Crippen molar-refractivity contribution in [1.82, 2.24) is 14.9 Å². The number of esters is 1. The van der Waals surface area contributed by atoms with E-state index in [1.54, 1.807) is 40.9 Å². The first-order valence-electron chi connectivity index (χ1n) is 7.24. The van der Waals surface area contributed by atoms with Crippen molar-refractivity contribution in [3.63, 3.8) is 0 Å². The summed E-state index contributed by atoms with van der Waals surface area (Å²) in [5, 5.41) is 1.79. The second-order valence-corrected chi connectivity index (χ2v) is 5.92. The van der Waals surface area contributed by atoms with E-state index in [0.717, 1.165) is 0 Å². The van der Waals surface area contributed by atoms with E-state index in [-0.39, 0.29) is 12.5 Å². The minimum atomic E-state index is -0.454. The molecule has 0 aromatic carbocycles. The second kappa shape index (κ2) is 7.19. The summed E-state index contributed by atoms with van der Waals surface area (Å²) in [5.74, 6) is 0.0388. The first-order chi connectivity index (χ1) is 11.2. The third-order valence-electron chi connectivity index (χ3n) is 3.52. The Labute approximate surface area is 137 Å². The lowest BCUT2D eigenvalue weighted by atomic mass is 10.3. The number of hydrogen-bond donors (Lipinski definition) is 0. The lowest BCUT2D eigenvalue weighted by Gasteiger charge is -2.34. The average molecular weight is 332 g/mol. The number of hydrogen-bond acceptors (Lipinski definition) is 7. The van der Waals surface area contributed by atoms with Crippen LogP contribution in [0.1, 0.15) is 9.67 Å². The van der Waals surface area contributed by atoms with Gasteiger partial charge in [-0.1, -0.05) is 6.07 Å². The Hall–Kier alpha value is -2.48. The van der Waals surface area contributed by atoms with Crippen molar-refractivity contribution >= 4 is 29.2 Å². The summed E-state index contributed by atoms with van der Waals surface area (Å²) in [4.78, 5) is 36.5. The van der Waals surface area contributed by atoms with Crippen molar-refractivity contribution in [2.24, 2.45) is 0 Å². The molecule has 3 heterocycles. The maximum absolute atomic E-state index is 12.1. The number of carbonyl (C=O) groups excluding carboxylic acids is 2. The molecule has 1 amide bonds. The van der Waals surface area contributed by atoms with Gasteiger partial charge in [-0.2, -0.15) is 0 Å². The zero-order valence-corrected chi connectivity index (χ0v) is 13.2. The van der Waals surface area contributed by atoms with Crippen LogP contribution in [0.4, 0.5) is 5.95 Å². The predicted octanol–water partition coefficient (Wildman–Crippen LogP) is 1.04. The zero-order chi connectivity index (χ0) is 16.1. The monoisotopic (exact) mass is 332 g/mol. The van der Waals surface area contributed by atoms with Crippen molar-refractivity contribution in [3.05, 3.63) is 40.8 Å². The number of carbonyl (C=O) groups is 2. The topological polar surface area (TPSA) is 75.6 Å². The standard InChI is InChI=1S/C15H16N4O3S/c20-13(11-22-14(21)12-3-1-10-23-12)18-6-8-19(9-7-18)15-16-4-2-5-17-15/h1-5,10H,6-9,11H2. The number of amides is 1. The molecule has 23 heavy (non-hydrogen) atoms. The first-order valence-corrected chi connectivity index (χ1v) is 8.12. The number of ether oxygens (including phenoxy) is 1. The van der Waals surface area contributed by atoms with E-state index in [0.29, 0.717) is 37.0 Å². The number of rotatable bonds is 4. The molecule has 3 rings (SSSR count). The molecule has 7 nitrogen and oxygen atoms in total. The van der Waals surface area contributed by atoms with Crippen LogP contribution in [0.3, 0.4) is 0 Å². The maximum atomic E-state index is 12.1. The van der Waals surface area contributed by atoms with E-state index in [1.165, 1.54) is 11.3 Å². The summed E-state index contributed by atoms with van der Waals surface area (Å²) in [6, 6.07) is 5.22. The summed E-state index contributed by atoms with van der Waals surface area (Å²) >= 11 is 1.30. The predicted molar refractivity (Wildman–Crippen MR) is 85.4 cm³/mol. The normalized spacial score (nSPS) is 14.6. The Bertz CT molecular complexity index is 655. The van der Waals surface area contributed by atoms with Gasteiger partial charge in [0.15, 0.2) is 6.61 Å². The average Bonchev–Trinajstić information content (AvgIpc) is 3.15. The van der Waals surface area contributed by atoms with E-state index < -0.39 is 5.97 Å². The highest BCUT2D eigenvalue weighted by atomic mass is 32.1. The van der Waals surface area contributed by atoms with Crippen LogP contribution in [0.2, 0.25) is 0 Å². The number of aromatic nitrogens is 2. The molecule has 0 saturated carbocycles. The molecule has 1 fully saturated rings. The van der Waals surface area contributed by atoms with Crippen LogP contribution >= 0.6 is 11.3 Å². The highest BCUT2D eigenvalue weighted by molar-refractivity contribution is 7.11. The van der Waals surface area contributed by atoms with Crippen LogP contribution in [0.25, 0.3) is 0 Å². The largest absolute Gasteiger partial charge is 0.451 e. The van der Waals surface area contributed by atoms with E-state index >= 15 is 0 Å². The Kier molecular flexibility index (Phi) is 4.82.